The molecule has 2 saturated heterocycles. The topological polar surface area (TPSA) is 74.9 Å². The van der Waals surface area contributed by atoms with E-state index in [0.29, 0.717) is 24.5 Å². The zero-order valence-corrected chi connectivity index (χ0v) is 21.7. The number of rotatable bonds is 9. The molecule has 2 aliphatic carbocycles. The average Bonchev–Trinajstić information content (AvgIpc) is 2.89. The Bertz CT molecular complexity index is 589. The lowest BCUT2D eigenvalue weighted by molar-refractivity contribution is -0.142. The normalized spacial score (nSPS) is 36.3. The molecule has 0 amide bonds. The van der Waals surface area contributed by atoms with Gasteiger partial charge < -0.3 is 14.4 Å². The molecule has 7 nitrogen and oxygen atoms in total. The maximum Gasteiger partial charge on any atom is 0.305 e. The molecule has 0 aromatic heterocycles. The van der Waals surface area contributed by atoms with Gasteiger partial charge in [0.15, 0.2) is 0 Å². The second-order valence-corrected chi connectivity index (χ2v) is 11.5. The SMILES string of the molecule is COC(=O)CC1CCN(CCC2CCC(NC3NCC(C4CCC(OC)CC4)CN3)CC2)CC1. The lowest BCUT2D eigenvalue weighted by atomic mass is 9.78. The molecule has 0 bridgehead atoms. The number of nitrogens with one attached hydrogen (secondary N) is 3. The van der Waals surface area contributed by atoms with Crippen LogP contribution in [0.2, 0.25) is 0 Å². The van der Waals surface area contributed by atoms with Crippen LogP contribution >= 0.6 is 0 Å². The molecular weight excluding hydrogens is 428 g/mol. The summed E-state index contributed by atoms with van der Waals surface area (Å²) < 4.78 is 10.4. The van der Waals surface area contributed by atoms with Crippen LogP contribution in [-0.2, 0) is 14.3 Å². The highest BCUT2D eigenvalue weighted by Gasteiger charge is 2.32. The first-order valence-electron chi connectivity index (χ1n) is 14.2. The second kappa shape index (κ2) is 13.5. The first-order chi connectivity index (χ1) is 16.6. The van der Waals surface area contributed by atoms with Crippen LogP contribution in [0.4, 0.5) is 0 Å². The van der Waals surface area contributed by atoms with Crippen molar-refractivity contribution in [3.05, 3.63) is 0 Å². The van der Waals surface area contributed by atoms with E-state index in [2.05, 4.69) is 20.9 Å². The van der Waals surface area contributed by atoms with Crippen LogP contribution in [0, 0.1) is 23.7 Å². The number of carbonyl (C=O) groups excluding carboxylic acids is 1. The minimum absolute atomic E-state index is 0.0490. The molecule has 0 spiro atoms. The van der Waals surface area contributed by atoms with E-state index in [1.54, 1.807) is 0 Å². The summed E-state index contributed by atoms with van der Waals surface area (Å²) in [6.45, 7) is 5.79. The number of piperidine rings is 1. The number of esters is 1. The van der Waals surface area contributed by atoms with Crippen molar-refractivity contribution in [1.82, 2.24) is 20.9 Å². The van der Waals surface area contributed by atoms with Gasteiger partial charge in [-0.25, -0.2) is 0 Å². The Morgan fingerprint density at radius 2 is 1.53 bits per heavy atom. The number of carbonyl (C=O) groups is 1. The van der Waals surface area contributed by atoms with E-state index in [1.165, 1.54) is 71.4 Å². The molecule has 2 aliphatic heterocycles. The van der Waals surface area contributed by atoms with E-state index in [4.69, 9.17) is 9.47 Å². The van der Waals surface area contributed by atoms with Crippen LogP contribution in [0.1, 0.15) is 77.0 Å². The molecule has 4 rings (SSSR count). The molecular formula is C27H50N4O3. The minimum Gasteiger partial charge on any atom is -0.469 e. The molecule has 2 saturated carbocycles. The molecule has 3 N–H and O–H groups in total. The maximum atomic E-state index is 11.5. The largest absolute Gasteiger partial charge is 0.469 e. The number of methoxy groups -OCH3 is 2. The number of ether oxygens (including phenoxy) is 2. The molecule has 34 heavy (non-hydrogen) atoms. The third kappa shape index (κ3) is 7.89. The molecule has 7 heteroatoms. The highest BCUT2D eigenvalue weighted by molar-refractivity contribution is 5.69. The molecule has 0 aromatic rings. The zero-order valence-electron chi connectivity index (χ0n) is 21.7. The Labute approximate surface area is 207 Å². The Morgan fingerprint density at radius 1 is 0.853 bits per heavy atom. The number of nitrogens with zero attached hydrogens (tertiary/aromatic N) is 1. The van der Waals surface area contributed by atoms with Crippen LogP contribution < -0.4 is 16.0 Å². The zero-order chi connectivity index (χ0) is 23.8. The summed E-state index contributed by atoms with van der Waals surface area (Å²) in [5.41, 5.74) is 0. The molecule has 4 aliphatic rings. The number of hydrogen-bond donors (Lipinski definition) is 3. The monoisotopic (exact) mass is 478 g/mol. The third-order valence-electron chi connectivity index (χ3n) is 9.38. The lowest BCUT2D eigenvalue weighted by Crippen LogP contribution is -2.63. The lowest BCUT2D eigenvalue weighted by Gasteiger charge is -2.40. The van der Waals surface area contributed by atoms with Gasteiger partial charge in [-0.1, -0.05) is 0 Å². The predicted octanol–water partition coefficient (Wildman–Crippen LogP) is 3.10. The fourth-order valence-electron chi connectivity index (χ4n) is 6.88. The van der Waals surface area contributed by atoms with Gasteiger partial charge in [0, 0.05) is 32.7 Å². The van der Waals surface area contributed by atoms with Crippen LogP contribution in [0.5, 0.6) is 0 Å². The summed E-state index contributed by atoms with van der Waals surface area (Å²) in [7, 11) is 3.35. The van der Waals surface area contributed by atoms with Gasteiger partial charge in [0.25, 0.3) is 0 Å². The van der Waals surface area contributed by atoms with Crippen LogP contribution in [0.15, 0.2) is 0 Å². The van der Waals surface area contributed by atoms with Crippen LogP contribution in [0.3, 0.4) is 0 Å². The Hall–Kier alpha value is -0.730. The maximum absolute atomic E-state index is 11.5. The van der Waals surface area contributed by atoms with Crippen molar-refractivity contribution < 1.29 is 14.3 Å². The van der Waals surface area contributed by atoms with E-state index >= 15 is 0 Å². The van der Waals surface area contributed by atoms with Gasteiger partial charge in [-0.2, -0.15) is 0 Å². The number of hydrogen-bond acceptors (Lipinski definition) is 7. The highest BCUT2D eigenvalue weighted by atomic mass is 16.5. The summed E-state index contributed by atoms with van der Waals surface area (Å²) >= 11 is 0. The highest BCUT2D eigenvalue weighted by Crippen LogP contribution is 2.32. The van der Waals surface area contributed by atoms with Crippen molar-refractivity contribution >= 4 is 5.97 Å². The van der Waals surface area contributed by atoms with Crippen molar-refractivity contribution in [3.8, 4) is 0 Å². The Balaban J connectivity index is 1.05. The van der Waals surface area contributed by atoms with Gasteiger partial charge >= 0.3 is 5.97 Å². The fourth-order valence-corrected chi connectivity index (χ4v) is 6.88. The number of likely N-dealkylation sites (tertiary alicyclic amines) is 1. The molecule has 0 atom stereocenters. The van der Waals surface area contributed by atoms with E-state index < -0.39 is 0 Å². The molecule has 0 aromatic carbocycles. The van der Waals surface area contributed by atoms with Crippen LogP contribution in [0.25, 0.3) is 0 Å². The van der Waals surface area contributed by atoms with E-state index in [9.17, 15) is 4.79 Å². The molecule has 4 fully saturated rings. The average molecular weight is 479 g/mol. The molecule has 0 radical (unpaired) electrons. The van der Waals surface area contributed by atoms with Crippen molar-refractivity contribution in [3.63, 3.8) is 0 Å². The second-order valence-electron chi connectivity index (χ2n) is 11.5. The first kappa shape index (κ1) is 26.3. The van der Waals surface area contributed by atoms with E-state index in [1.807, 2.05) is 7.11 Å². The van der Waals surface area contributed by atoms with Gasteiger partial charge in [-0.3, -0.25) is 20.7 Å². The van der Waals surface area contributed by atoms with Crippen molar-refractivity contribution in [1.29, 1.82) is 0 Å². The Morgan fingerprint density at radius 3 is 2.15 bits per heavy atom. The van der Waals surface area contributed by atoms with Crippen molar-refractivity contribution in [2.75, 3.05) is 46.9 Å². The molecule has 196 valence electrons. The van der Waals surface area contributed by atoms with Crippen molar-refractivity contribution in [2.45, 2.75) is 95.5 Å². The van der Waals surface area contributed by atoms with Gasteiger partial charge in [-0.15, -0.1) is 0 Å². The van der Waals surface area contributed by atoms with Gasteiger partial charge in [0.05, 0.1) is 13.2 Å². The fraction of sp³-hybridized carbons (Fsp3) is 0.963. The molecule has 0 unspecified atom stereocenters. The predicted molar refractivity (Wildman–Crippen MR) is 135 cm³/mol. The quantitative estimate of drug-likeness (QED) is 0.440. The van der Waals surface area contributed by atoms with Crippen LogP contribution in [-0.4, -0.2) is 76.2 Å². The van der Waals surface area contributed by atoms with E-state index in [0.717, 1.165) is 56.8 Å². The van der Waals surface area contributed by atoms with Gasteiger partial charge in [0.2, 0.25) is 0 Å². The van der Waals surface area contributed by atoms with Crippen molar-refractivity contribution in [2.24, 2.45) is 23.7 Å². The molecule has 2 heterocycles. The summed E-state index contributed by atoms with van der Waals surface area (Å²) in [5.74, 6) is 2.96. The van der Waals surface area contributed by atoms with Gasteiger partial charge in [-0.05, 0) is 114 Å². The minimum atomic E-state index is -0.0490. The summed E-state index contributed by atoms with van der Waals surface area (Å²) in [6.07, 6.45) is 15.4. The first-order valence-corrected chi connectivity index (χ1v) is 14.2. The van der Waals surface area contributed by atoms with Gasteiger partial charge in [0.1, 0.15) is 6.29 Å². The summed E-state index contributed by atoms with van der Waals surface area (Å²) in [5, 5.41) is 11.4. The smallest absolute Gasteiger partial charge is 0.305 e. The summed E-state index contributed by atoms with van der Waals surface area (Å²) in [6, 6.07) is 0.643. The third-order valence-corrected chi connectivity index (χ3v) is 9.38. The standard InChI is InChI=1S/C27H50N4O3/c1-33-25-9-5-22(6-10-25)23-18-28-27(29-19-23)30-24-7-3-20(4-8-24)11-14-31-15-12-21(13-16-31)17-26(32)34-2/h20-25,27-30H,3-19H2,1-2H3. The van der Waals surface area contributed by atoms with E-state index in [-0.39, 0.29) is 12.3 Å². The Kier molecular flexibility index (Phi) is 10.5. The summed E-state index contributed by atoms with van der Waals surface area (Å²) in [4.78, 5) is 14.1.